The quantitative estimate of drug-likeness (QED) is 0.767. The van der Waals surface area contributed by atoms with Crippen molar-refractivity contribution in [3.05, 3.63) is 65.0 Å². The normalized spacial score (nSPS) is 10.6. The summed E-state index contributed by atoms with van der Waals surface area (Å²) in [5, 5.41) is 9.29. The molecule has 2 aromatic carbocycles. The number of benzene rings is 2. The second-order valence-electron chi connectivity index (χ2n) is 4.95. The summed E-state index contributed by atoms with van der Waals surface area (Å²) in [5.41, 5.74) is 4.27. The van der Waals surface area contributed by atoms with Gasteiger partial charge in [-0.15, -0.1) is 11.3 Å². The molecule has 110 valence electrons. The summed E-state index contributed by atoms with van der Waals surface area (Å²) in [4.78, 5) is 16.2. The van der Waals surface area contributed by atoms with Crippen LogP contribution in [0.3, 0.4) is 0 Å². The predicted octanol–water partition coefficient (Wildman–Crippen LogP) is 4.62. The lowest BCUT2D eigenvalue weighted by Gasteiger charge is -2.08. The number of halogens is 1. The van der Waals surface area contributed by atoms with Crippen molar-refractivity contribution in [1.29, 1.82) is 0 Å². The molecular weight excluding hydrogens is 301 g/mol. The van der Waals surface area contributed by atoms with Gasteiger partial charge in [0.05, 0.1) is 16.0 Å². The molecule has 0 amide bonds. The van der Waals surface area contributed by atoms with Crippen molar-refractivity contribution in [1.82, 2.24) is 4.98 Å². The van der Waals surface area contributed by atoms with E-state index in [2.05, 4.69) is 4.98 Å². The molecule has 3 rings (SSSR count). The Morgan fingerprint density at radius 2 is 1.95 bits per heavy atom. The molecule has 0 aliphatic heterocycles. The summed E-state index contributed by atoms with van der Waals surface area (Å²) in [7, 11) is 0. The fraction of sp³-hybridized carbons (Fsp3) is 0.0588. The molecule has 0 atom stereocenters. The number of rotatable bonds is 3. The summed E-state index contributed by atoms with van der Waals surface area (Å²) in [6.07, 6.45) is 1.67. The lowest BCUT2D eigenvalue weighted by atomic mass is 9.98. The topological polar surface area (TPSA) is 50.2 Å². The van der Waals surface area contributed by atoms with Gasteiger partial charge in [0.2, 0.25) is 0 Å². The Hall–Kier alpha value is -2.53. The van der Waals surface area contributed by atoms with Gasteiger partial charge in [-0.3, -0.25) is 4.98 Å². The molecule has 1 aromatic heterocycles. The average Bonchev–Trinajstić information content (AvgIpc) is 3.01. The first-order valence-electron chi connectivity index (χ1n) is 6.58. The highest BCUT2D eigenvalue weighted by Crippen LogP contribution is 2.31. The summed E-state index contributed by atoms with van der Waals surface area (Å²) in [5.74, 6) is -1.40. The van der Waals surface area contributed by atoms with Crippen molar-refractivity contribution in [3.8, 4) is 21.6 Å². The molecule has 1 heterocycles. The zero-order chi connectivity index (χ0) is 15.7. The number of carbonyl (C=O) groups is 1. The summed E-state index contributed by atoms with van der Waals surface area (Å²) in [6, 6.07) is 9.76. The fourth-order valence-electron chi connectivity index (χ4n) is 2.26. The van der Waals surface area contributed by atoms with Gasteiger partial charge >= 0.3 is 5.97 Å². The van der Waals surface area contributed by atoms with E-state index in [-0.39, 0.29) is 11.4 Å². The summed E-state index contributed by atoms with van der Waals surface area (Å²) in [6.45, 7) is 1.81. The predicted molar refractivity (Wildman–Crippen MR) is 84.6 cm³/mol. The lowest BCUT2D eigenvalue weighted by Crippen LogP contribution is -1.98. The molecule has 1 N–H and O–H groups in total. The molecule has 0 radical (unpaired) electrons. The number of hydrogen-bond donors (Lipinski definition) is 1. The molecule has 0 aliphatic rings. The number of nitrogens with zero attached hydrogens (tertiary/aromatic N) is 1. The van der Waals surface area contributed by atoms with Gasteiger partial charge in [0, 0.05) is 11.8 Å². The van der Waals surface area contributed by atoms with E-state index < -0.39 is 5.97 Å². The molecular formula is C17H12FNO2S. The average molecular weight is 313 g/mol. The van der Waals surface area contributed by atoms with Crippen LogP contribution in [0.4, 0.5) is 4.39 Å². The van der Waals surface area contributed by atoms with Gasteiger partial charge in [0.15, 0.2) is 0 Å². The molecule has 0 fully saturated rings. The monoisotopic (exact) mass is 313 g/mol. The van der Waals surface area contributed by atoms with E-state index in [0.717, 1.165) is 16.0 Å². The minimum absolute atomic E-state index is 0.126. The second kappa shape index (κ2) is 5.69. The molecule has 5 heteroatoms. The van der Waals surface area contributed by atoms with E-state index in [1.54, 1.807) is 36.0 Å². The van der Waals surface area contributed by atoms with Gasteiger partial charge in [0.25, 0.3) is 0 Å². The summed E-state index contributed by atoms with van der Waals surface area (Å²) >= 11 is 1.41. The lowest BCUT2D eigenvalue weighted by molar-refractivity contribution is 0.0697. The third-order valence-electron chi connectivity index (χ3n) is 3.33. The van der Waals surface area contributed by atoms with Crippen molar-refractivity contribution < 1.29 is 14.3 Å². The molecule has 0 spiro atoms. The Balaban J connectivity index is 2.20. The Morgan fingerprint density at radius 1 is 1.18 bits per heavy atom. The SMILES string of the molecule is Cc1ccc(-c2cc(C(=O)O)cc(-c3cncs3)c2)c(F)c1. The number of thiazole rings is 1. The van der Waals surface area contributed by atoms with Crippen LogP contribution in [0.15, 0.2) is 48.1 Å². The molecule has 0 aliphatic carbocycles. The van der Waals surface area contributed by atoms with Crippen LogP contribution in [0.25, 0.3) is 21.6 Å². The van der Waals surface area contributed by atoms with Crippen LogP contribution >= 0.6 is 11.3 Å². The maximum atomic E-state index is 14.2. The van der Waals surface area contributed by atoms with Crippen LogP contribution in [0, 0.1) is 12.7 Å². The van der Waals surface area contributed by atoms with Crippen LogP contribution in [0.2, 0.25) is 0 Å². The Morgan fingerprint density at radius 3 is 2.59 bits per heavy atom. The van der Waals surface area contributed by atoms with Crippen molar-refractivity contribution >= 4 is 17.3 Å². The van der Waals surface area contributed by atoms with Gasteiger partial charge in [0.1, 0.15) is 5.82 Å². The highest BCUT2D eigenvalue weighted by molar-refractivity contribution is 7.13. The molecule has 0 bridgehead atoms. The largest absolute Gasteiger partial charge is 0.478 e. The van der Waals surface area contributed by atoms with Crippen LogP contribution in [0.1, 0.15) is 15.9 Å². The molecule has 0 saturated carbocycles. The molecule has 3 nitrogen and oxygen atoms in total. The van der Waals surface area contributed by atoms with Crippen LogP contribution in [-0.4, -0.2) is 16.1 Å². The molecule has 3 aromatic rings. The number of aromatic carboxylic acids is 1. The van der Waals surface area contributed by atoms with E-state index in [9.17, 15) is 14.3 Å². The van der Waals surface area contributed by atoms with Gasteiger partial charge < -0.3 is 5.11 Å². The number of aromatic nitrogens is 1. The van der Waals surface area contributed by atoms with Crippen LogP contribution < -0.4 is 0 Å². The Kier molecular flexibility index (Phi) is 3.73. The maximum absolute atomic E-state index is 14.2. The highest BCUT2D eigenvalue weighted by atomic mass is 32.1. The molecule has 0 unspecified atom stereocenters. The van der Waals surface area contributed by atoms with E-state index >= 15 is 0 Å². The van der Waals surface area contributed by atoms with E-state index in [0.29, 0.717) is 11.1 Å². The number of aryl methyl sites for hydroxylation is 1. The van der Waals surface area contributed by atoms with Crippen molar-refractivity contribution in [3.63, 3.8) is 0 Å². The Bertz CT molecular complexity index is 844. The first-order valence-corrected chi connectivity index (χ1v) is 7.46. The van der Waals surface area contributed by atoms with Crippen molar-refractivity contribution in [2.75, 3.05) is 0 Å². The van der Waals surface area contributed by atoms with E-state index in [1.165, 1.54) is 23.5 Å². The highest BCUT2D eigenvalue weighted by Gasteiger charge is 2.13. The minimum Gasteiger partial charge on any atom is -0.478 e. The van der Waals surface area contributed by atoms with Crippen molar-refractivity contribution in [2.45, 2.75) is 6.92 Å². The number of carboxylic acid groups (broad SMARTS) is 1. The third-order valence-corrected chi connectivity index (χ3v) is 4.15. The van der Waals surface area contributed by atoms with Gasteiger partial charge in [-0.2, -0.15) is 0 Å². The van der Waals surface area contributed by atoms with Crippen LogP contribution in [-0.2, 0) is 0 Å². The standard InChI is InChI=1S/C17H12FNO2S/c1-10-2-3-14(15(18)4-10)11-5-12(16-8-19-9-22-16)7-13(6-11)17(20)21/h2-9H,1H3,(H,20,21). The zero-order valence-electron chi connectivity index (χ0n) is 11.7. The first-order chi connectivity index (χ1) is 10.5. The third kappa shape index (κ3) is 2.76. The number of hydrogen-bond acceptors (Lipinski definition) is 3. The van der Waals surface area contributed by atoms with Crippen LogP contribution in [0.5, 0.6) is 0 Å². The second-order valence-corrected chi connectivity index (χ2v) is 5.84. The minimum atomic E-state index is -1.04. The van der Waals surface area contributed by atoms with Gasteiger partial charge in [-0.1, -0.05) is 12.1 Å². The maximum Gasteiger partial charge on any atom is 0.335 e. The summed E-state index contributed by atoms with van der Waals surface area (Å²) < 4.78 is 14.2. The molecule has 0 saturated heterocycles. The Labute approximate surface area is 130 Å². The smallest absolute Gasteiger partial charge is 0.335 e. The van der Waals surface area contributed by atoms with E-state index in [4.69, 9.17) is 0 Å². The van der Waals surface area contributed by atoms with E-state index in [1.807, 2.05) is 6.92 Å². The first kappa shape index (κ1) is 14.4. The van der Waals surface area contributed by atoms with Crippen molar-refractivity contribution in [2.24, 2.45) is 0 Å². The van der Waals surface area contributed by atoms with Gasteiger partial charge in [-0.05, 0) is 47.9 Å². The molecule has 22 heavy (non-hydrogen) atoms. The number of carboxylic acids is 1. The van der Waals surface area contributed by atoms with Gasteiger partial charge in [-0.25, -0.2) is 9.18 Å². The fourth-order valence-corrected chi connectivity index (χ4v) is 2.87. The zero-order valence-corrected chi connectivity index (χ0v) is 12.5.